The molecule has 1 aromatic heterocycles. The van der Waals surface area contributed by atoms with Crippen molar-refractivity contribution >= 4 is 22.9 Å². The van der Waals surface area contributed by atoms with Crippen LogP contribution in [0.15, 0.2) is 35.7 Å². The Labute approximate surface area is 145 Å². The van der Waals surface area contributed by atoms with E-state index in [1.165, 1.54) is 10.4 Å². The fraction of sp³-hybridized carbons (Fsp3) is 0.316. The molecule has 0 fully saturated rings. The minimum Gasteiger partial charge on any atom is -0.488 e. The van der Waals surface area contributed by atoms with Crippen LogP contribution in [-0.4, -0.2) is 24.2 Å². The monoisotopic (exact) mass is 343 g/mol. The summed E-state index contributed by atoms with van der Waals surface area (Å²) in [4.78, 5) is 12.3. The van der Waals surface area contributed by atoms with Crippen molar-refractivity contribution in [3.63, 3.8) is 0 Å². The molecule has 2 aromatic rings. The van der Waals surface area contributed by atoms with Crippen LogP contribution in [0.25, 0.3) is 5.57 Å². The maximum atomic E-state index is 11.0. The average molecular weight is 343 g/mol. The summed E-state index contributed by atoms with van der Waals surface area (Å²) >= 11 is 1.71. The lowest BCUT2D eigenvalue weighted by Crippen LogP contribution is -2.13. The van der Waals surface area contributed by atoms with Crippen molar-refractivity contribution < 1.29 is 14.6 Å². The average Bonchev–Trinajstić information content (AvgIpc) is 2.96. The van der Waals surface area contributed by atoms with Gasteiger partial charge in [0.2, 0.25) is 0 Å². The van der Waals surface area contributed by atoms with Gasteiger partial charge in [-0.25, -0.2) is 0 Å². The fourth-order valence-corrected chi connectivity index (χ4v) is 3.83. The van der Waals surface area contributed by atoms with Gasteiger partial charge in [0, 0.05) is 16.0 Å². The first-order valence-electron chi connectivity index (χ1n) is 8.14. The van der Waals surface area contributed by atoms with Crippen LogP contribution in [-0.2, 0) is 17.8 Å². The third kappa shape index (κ3) is 3.68. The van der Waals surface area contributed by atoms with Gasteiger partial charge in [0.05, 0.1) is 6.42 Å². The summed E-state index contributed by atoms with van der Waals surface area (Å²) in [5, 5.41) is 14.5. The Morgan fingerprint density at radius 1 is 1.42 bits per heavy atom. The summed E-state index contributed by atoms with van der Waals surface area (Å²) in [5.41, 5.74) is 4.12. The van der Waals surface area contributed by atoms with E-state index in [2.05, 4.69) is 29.8 Å². The molecule has 5 heteroatoms. The van der Waals surface area contributed by atoms with Gasteiger partial charge in [0.15, 0.2) is 0 Å². The van der Waals surface area contributed by atoms with Gasteiger partial charge in [-0.2, -0.15) is 0 Å². The molecule has 0 aliphatic carbocycles. The van der Waals surface area contributed by atoms with Crippen LogP contribution in [0.5, 0.6) is 5.75 Å². The van der Waals surface area contributed by atoms with Crippen molar-refractivity contribution in [2.75, 3.05) is 13.1 Å². The van der Waals surface area contributed by atoms with Gasteiger partial charge in [-0.15, -0.1) is 11.3 Å². The third-order valence-electron chi connectivity index (χ3n) is 3.98. The number of ether oxygens (including phenoxy) is 1. The summed E-state index contributed by atoms with van der Waals surface area (Å²) < 4.78 is 5.95. The minimum atomic E-state index is -0.820. The first-order valence-corrected chi connectivity index (χ1v) is 9.02. The van der Waals surface area contributed by atoms with Crippen LogP contribution >= 0.6 is 11.3 Å². The maximum Gasteiger partial charge on any atom is 0.307 e. The van der Waals surface area contributed by atoms with Crippen LogP contribution in [0.3, 0.4) is 0 Å². The van der Waals surface area contributed by atoms with Crippen LogP contribution < -0.4 is 10.1 Å². The van der Waals surface area contributed by atoms with E-state index in [0.29, 0.717) is 6.61 Å². The number of carboxylic acids is 1. The molecule has 0 radical (unpaired) electrons. The highest BCUT2D eigenvalue weighted by Gasteiger charge is 2.20. The predicted molar refractivity (Wildman–Crippen MR) is 96.7 cm³/mol. The highest BCUT2D eigenvalue weighted by atomic mass is 32.1. The van der Waals surface area contributed by atoms with E-state index in [9.17, 15) is 4.79 Å². The first kappa shape index (κ1) is 16.7. The standard InChI is InChI=1S/C19H21NO3S/c1-2-20-8-3-4-15-16-10-13(11-18(21)22)5-6-17(16)23-12-14-7-9-24-19(14)15/h4-7,9-10,20H,2-3,8,11-12H2,1H3,(H,21,22). The van der Waals surface area contributed by atoms with E-state index in [1.54, 1.807) is 11.3 Å². The van der Waals surface area contributed by atoms with E-state index in [0.717, 1.165) is 42.0 Å². The third-order valence-corrected chi connectivity index (χ3v) is 4.97. The molecule has 0 spiro atoms. The van der Waals surface area contributed by atoms with E-state index in [-0.39, 0.29) is 6.42 Å². The number of hydrogen-bond donors (Lipinski definition) is 2. The summed E-state index contributed by atoms with van der Waals surface area (Å²) in [6.07, 6.45) is 3.18. The van der Waals surface area contributed by atoms with Crippen molar-refractivity contribution in [1.29, 1.82) is 0 Å². The number of hydrogen-bond acceptors (Lipinski definition) is 4. The van der Waals surface area contributed by atoms with E-state index in [4.69, 9.17) is 9.84 Å². The second kappa shape index (κ2) is 7.64. The normalized spacial score (nSPS) is 14.6. The molecule has 0 unspecified atom stereocenters. The molecule has 2 N–H and O–H groups in total. The molecule has 0 saturated carbocycles. The van der Waals surface area contributed by atoms with Crippen LogP contribution in [0, 0.1) is 0 Å². The number of aliphatic carboxylic acids is 1. The van der Waals surface area contributed by atoms with E-state index >= 15 is 0 Å². The summed E-state index contributed by atoms with van der Waals surface area (Å²) in [6, 6.07) is 7.78. The molecular weight excluding hydrogens is 322 g/mol. The number of thiophene rings is 1. The van der Waals surface area contributed by atoms with Crippen molar-refractivity contribution in [1.82, 2.24) is 5.32 Å². The zero-order chi connectivity index (χ0) is 16.9. The van der Waals surface area contributed by atoms with Gasteiger partial charge in [-0.3, -0.25) is 4.79 Å². The highest BCUT2D eigenvalue weighted by Crippen LogP contribution is 2.40. The summed E-state index contributed by atoms with van der Waals surface area (Å²) in [7, 11) is 0. The van der Waals surface area contributed by atoms with Gasteiger partial charge in [0.25, 0.3) is 0 Å². The van der Waals surface area contributed by atoms with Crippen molar-refractivity contribution in [2.24, 2.45) is 0 Å². The second-order valence-corrected chi connectivity index (χ2v) is 6.64. The van der Waals surface area contributed by atoms with Gasteiger partial charge in [-0.1, -0.05) is 19.1 Å². The Morgan fingerprint density at radius 2 is 2.29 bits per heavy atom. The van der Waals surface area contributed by atoms with Crippen LogP contribution in [0.1, 0.15) is 34.9 Å². The molecule has 24 heavy (non-hydrogen) atoms. The quantitative estimate of drug-likeness (QED) is 0.785. The van der Waals surface area contributed by atoms with Gasteiger partial charge in [0.1, 0.15) is 12.4 Å². The topological polar surface area (TPSA) is 58.6 Å². The van der Waals surface area contributed by atoms with Crippen LogP contribution in [0.2, 0.25) is 0 Å². The SMILES string of the molecule is CCNCCC=C1c2cc(CC(=O)O)ccc2OCc2ccsc21. The lowest BCUT2D eigenvalue weighted by Gasteiger charge is -2.11. The van der Waals surface area contributed by atoms with Gasteiger partial charge in [-0.05, 0) is 54.2 Å². The Bertz CT molecular complexity index is 764. The number of carboxylic acid groups (broad SMARTS) is 1. The molecule has 1 aliphatic heterocycles. The Morgan fingerprint density at radius 3 is 3.08 bits per heavy atom. The Balaban J connectivity index is 2.01. The van der Waals surface area contributed by atoms with Crippen molar-refractivity contribution in [2.45, 2.75) is 26.4 Å². The molecule has 0 atom stereocenters. The minimum absolute atomic E-state index is 0.0231. The zero-order valence-electron chi connectivity index (χ0n) is 13.7. The molecular formula is C19H21NO3S. The maximum absolute atomic E-state index is 11.0. The summed E-state index contributed by atoms with van der Waals surface area (Å²) in [5.74, 6) is 0.00113. The zero-order valence-corrected chi connectivity index (χ0v) is 14.5. The molecule has 3 rings (SSSR count). The van der Waals surface area contributed by atoms with Gasteiger partial charge >= 0.3 is 5.97 Å². The van der Waals surface area contributed by atoms with Crippen molar-refractivity contribution in [3.8, 4) is 5.75 Å². The molecule has 4 nitrogen and oxygen atoms in total. The fourth-order valence-electron chi connectivity index (χ4n) is 2.86. The predicted octanol–water partition coefficient (Wildman–Crippen LogP) is 3.70. The van der Waals surface area contributed by atoms with Crippen molar-refractivity contribution in [3.05, 3.63) is 57.3 Å². The Kier molecular flexibility index (Phi) is 5.33. The lowest BCUT2D eigenvalue weighted by atomic mass is 9.97. The smallest absolute Gasteiger partial charge is 0.307 e. The molecule has 126 valence electrons. The molecule has 0 amide bonds. The molecule has 0 bridgehead atoms. The molecule has 2 heterocycles. The second-order valence-electron chi connectivity index (χ2n) is 5.72. The Hall–Kier alpha value is -2.11. The van der Waals surface area contributed by atoms with E-state index in [1.807, 2.05) is 18.2 Å². The molecule has 1 aromatic carbocycles. The molecule has 1 aliphatic rings. The van der Waals surface area contributed by atoms with E-state index < -0.39 is 5.97 Å². The molecule has 0 saturated heterocycles. The highest BCUT2D eigenvalue weighted by molar-refractivity contribution is 7.11. The first-order chi connectivity index (χ1) is 11.7. The number of nitrogens with one attached hydrogen (secondary N) is 1. The number of carbonyl (C=O) groups is 1. The lowest BCUT2D eigenvalue weighted by molar-refractivity contribution is -0.136. The largest absolute Gasteiger partial charge is 0.488 e. The van der Waals surface area contributed by atoms with Gasteiger partial charge < -0.3 is 15.2 Å². The summed E-state index contributed by atoms with van der Waals surface area (Å²) in [6.45, 7) is 4.52. The van der Waals surface area contributed by atoms with Crippen LogP contribution in [0.4, 0.5) is 0 Å². The number of benzene rings is 1. The number of rotatable bonds is 6. The number of fused-ring (bicyclic) bond motifs is 2.